The van der Waals surface area contributed by atoms with Crippen LogP contribution in [-0.4, -0.2) is 43.4 Å². The molecule has 1 aromatic carbocycles. The smallest absolute Gasteiger partial charge is 0.257 e. The van der Waals surface area contributed by atoms with E-state index in [0.29, 0.717) is 47.7 Å². The number of carbonyl (C=O) groups is 1. The van der Waals surface area contributed by atoms with Crippen molar-refractivity contribution in [1.29, 1.82) is 0 Å². The zero-order valence-corrected chi connectivity index (χ0v) is 18.6. The van der Waals surface area contributed by atoms with Crippen LogP contribution in [0.4, 0.5) is 0 Å². The number of aryl methyl sites for hydroxylation is 1. The van der Waals surface area contributed by atoms with Gasteiger partial charge in [0.1, 0.15) is 6.10 Å². The first-order valence-corrected chi connectivity index (χ1v) is 10.8. The Morgan fingerprint density at radius 3 is 2.70 bits per heavy atom. The van der Waals surface area contributed by atoms with Crippen LogP contribution in [0.3, 0.4) is 0 Å². The summed E-state index contributed by atoms with van der Waals surface area (Å²) >= 11 is 0. The number of nitrogens with two attached hydrogens (primary N) is 1. The van der Waals surface area contributed by atoms with Gasteiger partial charge >= 0.3 is 0 Å². The van der Waals surface area contributed by atoms with Crippen molar-refractivity contribution in [3.63, 3.8) is 0 Å². The molecule has 4 heterocycles. The van der Waals surface area contributed by atoms with Crippen molar-refractivity contribution in [1.82, 2.24) is 9.55 Å². The first-order valence-electron chi connectivity index (χ1n) is 10.8. The van der Waals surface area contributed by atoms with Gasteiger partial charge < -0.3 is 34.0 Å². The second-order valence-corrected chi connectivity index (χ2v) is 8.11. The number of pyridine rings is 2. The molecule has 0 fully saturated rings. The summed E-state index contributed by atoms with van der Waals surface area (Å²) in [6, 6.07) is 5.65. The predicted molar refractivity (Wildman–Crippen MR) is 121 cm³/mol. The van der Waals surface area contributed by atoms with Crippen LogP contribution in [0.2, 0.25) is 0 Å². The Bertz CT molecular complexity index is 1320. The fourth-order valence-electron chi connectivity index (χ4n) is 4.72. The summed E-state index contributed by atoms with van der Waals surface area (Å²) in [6.45, 7) is 1.19. The lowest BCUT2D eigenvalue weighted by atomic mass is 9.96. The maximum atomic E-state index is 13.5. The molecule has 0 amide bonds. The largest absolute Gasteiger partial charge is 0.454 e. The molecule has 0 radical (unpaired) electrons. The molecule has 9 heteroatoms. The van der Waals surface area contributed by atoms with Crippen molar-refractivity contribution in [2.45, 2.75) is 32.1 Å². The second kappa shape index (κ2) is 8.58. The molecule has 2 aliphatic rings. The summed E-state index contributed by atoms with van der Waals surface area (Å²) in [5.74, 6) is 1.33. The number of rotatable bonds is 8. The van der Waals surface area contributed by atoms with Crippen molar-refractivity contribution >= 4 is 17.2 Å². The van der Waals surface area contributed by atoms with E-state index in [2.05, 4.69) is 0 Å². The number of nitrogens with zero attached hydrogens (tertiary/aromatic N) is 2. The van der Waals surface area contributed by atoms with Crippen molar-refractivity contribution in [2.24, 2.45) is 5.73 Å². The zero-order chi connectivity index (χ0) is 23.1. The van der Waals surface area contributed by atoms with E-state index in [1.165, 1.54) is 14.2 Å². The van der Waals surface area contributed by atoms with Gasteiger partial charge in [-0.1, -0.05) is 0 Å². The fraction of sp³-hybridized carbons (Fsp3) is 0.375. The van der Waals surface area contributed by atoms with Crippen molar-refractivity contribution in [2.75, 3.05) is 27.6 Å². The molecular formula is C24H25N3O6. The number of methoxy groups -OCH3 is 2. The number of fused-ring (bicyclic) bond motifs is 5. The molecule has 1 atom stereocenters. The lowest BCUT2D eigenvalue weighted by Crippen LogP contribution is -2.27. The van der Waals surface area contributed by atoms with E-state index >= 15 is 0 Å². The molecule has 9 nitrogen and oxygen atoms in total. The zero-order valence-electron chi connectivity index (χ0n) is 18.6. The average molecular weight is 451 g/mol. The van der Waals surface area contributed by atoms with E-state index < -0.39 is 6.10 Å². The normalized spacial score (nSPS) is 14.4. The van der Waals surface area contributed by atoms with E-state index in [1.54, 1.807) is 4.57 Å². The molecule has 0 saturated carbocycles. The molecule has 0 spiro atoms. The van der Waals surface area contributed by atoms with Gasteiger partial charge in [-0.25, -0.2) is 4.98 Å². The van der Waals surface area contributed by atoms with E-state index in [4.69, 9.17) is 29.7 Å². The van der Waals surface area contributed by atoms with Crippen LogP contribution < -0.4 is 20.8 Å². The van der Waals surface area contributed by atoms with Gasteiger partial charge in [-0.15, -0.1) is 0 Å². The van der Waals surface area contributed by atoms with E-state index in [9.17, 15) is 9.59 Å². The second-order valence-electron chi connectivity index (χ2n) is 8.11. The SMILES string of the molecule is COCc1c(C(C=O)OC)cc2n(c1=O)Cc1c-2nc2cc3c(cc2c1CCCN)OCO3. The van der Waals surface area contributed by atoms with Crippen molar-refractivity contribution in [3.05, 3.63) is 50.8 Å². The monoisotopic (exact) mass is 451 g/mol. The van der Waals surface area contributed by atoms with E-state index in [1.807, 2.05) is 18.2 Å². The molecule has 33 heavy (non-hydrogen) atoms. The number of benzene rings is 1. The Labute approximate surface area is 190 Å². The van der Waals surface area contributed by atoms with Crippen LogP contribution in [-0.2, 0) is 33.8 Å². The minimum absolute atomic E-state index is 0.0787. The van der Waals surface area contributed by atoms with Gasteiger partial charge in [0.25, 0.3) is 5.56 Å². The quantitative estimate of drug-likeness (QED) is 0.405. The Morgan fingerprint density at radius 1 is 1.21 bits per heavy atom. The summed E-state index contributed by atoms with van der Waals surface area (Å²) in [5.41, 5.74) is 10.7. The number of hydrogen-bond donors (Lipinski definition) is 1. The minimum atomic E-state index is -0.871. The highest BCUT2D eigenvalue weighted by molar-refractivity contribution is 5.90. The van der Waals surface area contributed by atoms with Crippen LogP contribution in [0.5, 0.6) is 11.5 Å². The lowest BCUT2D eigenvalue weighted by molar-refractivity contribution is -0.116. The van der Waals surface area contributed by atoms with Crippen LogP contribution in [0, 0.1) is 0 Å². The van der Waals surface area contributed by atoms with Gasteiger partial charge in [-0.3, -0.25) is 4.79 Å². The summed E-state index contributed by atoms with van der Waals surface area (Å²) in [4.78, 5) is 30.1. The molecule has 5 rings (SSSR count). The minimum Gasteiger partial charge on any atom is -0.454 e. The predicted octanol–water partition coefficient (Wildman–Crippen LogP) is 2.08. The third-order valence-corrected chi connectivity index (χ3v) is 6.30. The Morgan fingerprint density at radius 2 is 2.00 bits per heavy atom. The molecule has 2 N–H and O–H groups in total. The molecular weight excluding hydrogens is 426 g/mol. The maximum absolute atomic E-state index is 13.5. The highest BCUT2D eigenvalue weighted by Crippen LogP contribution is 2.42. The third kappa shape index (κ3) is 3.40. The van der Waals surface area contributed by atoms with Crippen molar-refractivity contribution in [3.8, 4) is 22.9 Å². The Hall–Kier alpha value is -3.27. The average Bonchev–Trinajstić information content (AvgIpc) is 3.43. The van der Waals surface area contributed by atoms with Gasteiger partial charge in [0.2, 0.25) is 6.79 Å². The molecule has 1 unspecified atom stereocenters. The summed E-state index contributed by atoms with van der Waals surface area (Å²) < 4.78 is 23.4. The van der Waals surface area contributed by atoms with Crippen molar-refractivity contribution < 1.29 is 23.7 Å². The van der Waals surface area contributed by atoms with E-state index in [0.717, 1.165) is 40.6 Å². The number of aromatic nitrogens is 2. The van der Waals surface area contributed by atoms with Gasteiger partial charge in [0, 0.05) is 42.4 Å². The number of carbonyl (C=O) groups excluding carboxylic acids is 1. The summed E-state index contributed by atoms with van der Waals surface area (Å²) in [5, 5.41) is 0.965. The Balaban J connectivity index is 1.78. The third-order valence-electron chi connectivity index (χ3n) is 6.30. The van der Waals surface area contributed by atoms with Crippen LogP contribution in [0.1, 0.15) is 34.8 Å². The Kier molecular flexibility index (Phi) is 5.61. The summed E-state index contributed by atoms with van der Waals surface area (Å²) in [7, 11) is 2.95. The number of hydrogen-bond acceptors (Lipinski definition) is 8. The van der Waals surface area contributed by atoms with Gasteiger partial charge in [0.15, 0.2) is 17.8 Å². The van der Waals surface area contributed by atoms with Crippen LogP contribution >= 0.6 is 0 Å². The first-order chi connectivity index (χ1) is 16.1. The fourth-order valence-corrected chi connectivity index (χ4v) is 4.72. The van der Waals surface area contributed by atoms with Crippen LogP contribution in [0.25, 0.3) is 22.3 Å². The molecule has 0 saturated heterocycles. The maximum Gasteiger partial charge on any atom is 0.257 e. The van der Waals surface area contributed by atoms with Crippen LogP contribution in [0.15, 0.2) is 23.0 Å². The summed E-state index contributed by atoms with van der Waals surface area (Å²) in [6.07, 6.45) is 1.35. The molecule has 2 aliphatic heterocycles. The molecule has 0 aliphatic carbocycles. The van der Waals surface area contributed by atoms with E-state index in [-0.39, 0.29) is 19.0 Å². The molecule has 172 valence electrons. The first kappa shape index (κ1) is 21.6. The van der Waals surface area contributed by atoms with Gasteiger partial charge in [-0.05, 0) is 37.1 Å². The highest BCUT2D eigenvalue weighted by Gasteiger charge is 2.30. The molecule has 0 bridgehead atoms. The number of aldehydes is 1. The van der Waals surface area contributed by atoms with Gasteiger partial charge in [0.05, 0.1) is 30.1 Å². The number of ether oxygens (including phenoxy) is 4. The molecule has 2 aromatic heterocycles. The van der Waals surface area contributed by atoms with Gasteiger partial charge in [-0.2, -0.15) is 0 Å². The highest BCUT2D eigenvalue weighted by atomic mass is 16.7. The lowest BCUT2D eigenvalue weighted by Gasteiger charge is -2.16. The molecule has 3 aromatic rings. The topological polar surface area (TPSA) is 115 Å². The standard InChI is InChI=1S/C24H25N3O6/c1-30-11-17-15(22(10-28)31-2)6-19-23-16(9-27(19)24(17)29)13(4-3-5-25)14-7-20-21(33-12-32-20)8-18(14)26-23/h6-8,10,22H,3-5,9,11-12,25H2,1-2H3.